The van der Waals surface area contributed by atoms with Crippen LogP contribution in [0.5, 0.6) is 0 Å². The van der Waals surface area contributed by atoms with Crippen LogP contribution in [0, 0.1) is 20.8 Å². The summed E-state index contributed by atoms with van der Waals surface area (Å²) in [7, 11) is 0. The summed E-state index contributed by atoms with van der Waals surface area (Å²) in [6.45, 7) is 7.59. The molecule has 4 heteroatoms. The second-order valence-corrected chi connectivity index (χ2v) is 3.95. The summed E-state index contributed by atoms with van der Waals surface area (Å²) in [4.78, 5) is 23.0. The van der Waals surface area contributed by atoms with Crippen LogP contribution in [-0.4, -0.2) is 18.6 Å². The number of ether oxygens (including phenoxy) is 1. The molecule has 0 saturated heterocycles. The highest BCUT2D eigenvalue weighted by Gasteiger charge is 2.15. The average molecular weight is 235 g/mol. The fraction of sp³-hybridized carbons (Fsp3) is 0.385. The molecule has 1 N–H and O–H groups in total. The largest absolute Gasteiger partial charge is 0.450 e. The van der Waals surface area contributed by atoms with Crippen LogP contribution in [-0.2, 0) is 4.74 Å². The Balaban J connectivity index is 2.93. The minimum absolute atomic E-state index is 0.241. The number of carbonyl (C=O) groups excluding carboxylic acids is 2. The van der Waals surface area contributed by atoms with Gasteiger partial charge in [0, 0.05) is 5.56 Å². The summed E-state index contributed by atoms with van der Waals surface area (Å²) in [5.74, 6) is -0.418. The number of hydrogen-bond donors (Lipinski definition) is 1. The van der Waals surface area contributed by atoms with E-state index in [9.17, 15) is 9.59 Å². The first-order chi connectivity index (χ1) is 7.95. The Morgan fingerprint density at radius 1 is 1.18 bits per heavy atom. The molecule has 0 radical (unpaired) electrons. The molecule has 0 atom stereocenters. The van der Waals surface area contributed by atoms with Crippen molar-refractivity contribution in [1.82, 2.24) is 5.32 Å². The highest BCUT2D eigenvalue weighted by Crippen LogP contribution is 2.16. The van der Waals surface area contributed by atoms with Gasteiger partial charge in [0.2, 0.25) is 0 Å². The van der Waals surface area contributed by atoms with Crippen LogP contribution < -0.4 is 5.32 Å². The number of carbonyl (C=O) groups is 2. The molecule has 0 heterocycles. The molecule has 0 aliphatic carbocycles. The predicted octanol–water partition coefficient (Wildman–Crippen LogP) is 2.50. The van der Waals surface area contributed by atoms with Gasteiger partial charge in [-0.05, 0) is 38.8 Å². The molecule has 1 rings (SSSR count). The number of aryl methyl sites for hydroxylation is 3. The summed E-state index contributed by atoms with van der Waals surface area (Å²) >= 11 is 0. The second-order valence-electron chi connectivity index (χ2n) is 3.95. The van der Waals surface area contributed by atoms with Crippen molar-refractivity contribution < 1.29 is 14.3 Å². The van der Waals surface area contributed by atoms with Crippen molar-refractivity contribution in [1.29, 1.82) is 0 Å². The van der Waals surface area contributed by atoms with E-state index in [0.717, 1.165) is 16.7 Å². The molecule has 0 spiro atoms. The minimum atomic E-state index is -0.711. The van der Waals surface area contributed by atoms with Crippen molar-refractivity contribution in [3.05, 3.63) is 34.4 Å². The van der Waals surface area contributed by atoms with E-state index in [1.165, 1.54) is 0 Å². The topological polar surface area (TPSA) is 55.4 Å². The van der Waals surface area contributed by atoms with Gasteiger partial charge in [-0.25, -0.2) is 4.79 Å². The van der Waals surface area contributed by atoms with Crippen LogP contribution in [0.25, 0.3) is 0 Å². The summed E-state index contributed by atoms with van der Waals surface area (Å²) in [6.07, 6.45) is -0.711. The number of hydrogen-bond acceptors (Lipinski definition) is 3. The van der Waals surface area contributed by atoms with Gasteiger partial charge in [-0.3, -0.25) is 10.1 Å². The van der Waals surface area contributed by atoms with Gasteiger partial charge in [0.15, 0.2) is 0 Å². The van der Waals surface area contributed by atoms with E-state index in [1.807, 2.05) is 32.9 Å². The van der Waals surface area contributed by atoms with Gasteiger partial charge >= 0.3 is 6.09 Å². The first kappa shape index (κ1) is 13.2. The maximum Gasteiger partial charge on any atom is 0.414 e. The van der Waals surface area contributed by atoms with Crippen molar-refractivity contribution in [2.24, 2.45) is 0 Å². The Kier molecular flexibility index (Phi) is 4.26. The molecule has 0 bridgehead atoms. The number of amides is 2. The molecule has 0 fully saturated rings. The lowest BCUT2D eigenvalue weighted by molar-refractivity contribution is 0.0924. The van der Waals surface area contributed by atoms with E-state index < -0.39 is 12.0 Å². The highest BCUT2D eigenvalue weighted by molar-refractivity contribution is 6.04. The van der Waals surface area contributed by atoms with Crippen molar-refractivity contribution >= 4 is 12.0 Å². The van der Waals surface area contributed by atoms with Gasteiger partial charge in [0.25, 0.3) is 5.91 Å². The fourth-order valence-electron chi connectivity index (χ4n) is 1.86. The smallest absolute Gasteiger partial charge is 0.414 e. The molecule has 92 valence electrons. The first-order valence-corrected chi connectivity index (χ1v) is 5.51. The van der Waals surface area contributed by atoms with Crippen LogP contribution in [0.4, 0.5) is 4.79 Å². The Morgan fingerprint density at radius 3 is 2.18 bits per heavy atom. The highest BCUT2D eigenvalue weighted by atomic mass is 16.5. The van der Waals surface area contributed by atoms with Gasteiger partial charge < -0.3 is 4.74 Å². The summed E-state index contributed by atoms with van der Waals surface area (Å²) in [5, 5.41) is 2.20. The normalized spacial score (nSPS) is 9.88. The number of alkyl carbamates (subject to hydrolysis) is 1. The molecule has 4 nitrogen and oxygen atoms in total. The van der Waals surface area contributed by atoms with E-state index in [0.29, 0.717) is 5.56 Å². The summed E-state index contributed by atoms with van der Waals surface area (Å²) in [5.41, 5.74) is 3.32. The van der Waals surface area contributed by atoms with Gasteiger partial charge in [-0.2, -0.15) is 0 Å². The number of imide groups is 1. The lowest BCUT2D eigenvalue weighted by Gasteiger charge is -2.10. The third-order valence-corrected chi connectivity index (χ3v) is 2.40. The van der Waals surface area contributed by atoms with Gasteiger partial charge in [0.05, 0.1) is 6.61 Å². The monoisotopic (exact) mass is 235 g/mol. The summed E-state index contributed by atoms with van der Waals surface area (Å²) in [6, 6.07) is 3.82. The van der Waals surface area contributed by atoms with Crippen molar-refractivity contribution in [2.45, 2.75) is 27.7 Å². The van der Waals surface area contributed by atoms with Crippen molar-refractivity contribution in [3.63, 3.8) is 0 Å². The molecule has 17 heavy (non-hydrogen) atoms. The molecular weight excluding hydrogens is 218 g/mol. The lowest BCUT2D eigenvalue weighted by atomic mass is 9.99. The molecule has 0 aromatic heterocycles. The van der Waals surface area contributed by atoms with Gasteiger partial charge in [-0.15, -0.1) is 0 Å². The summed E-state index contributed by atoms with van der Waals surface area (Å²) < 4.78 is 4.67. The van der Waals surface area contributed by atoms with E-state index in [-0.39, 0.29) is 6.61 Å². The minimum Gasteiger partial charge on any atom is -0.450 e. The van der Waals surface area contributed by atoms with Gasteiger partial charge in [0.1, 0.15) is 0 Å². The molecule has 0 saturated carbocycles. The first-order valence-electron chi connectivity index (χ1n) is 5.51. The maximum atomic E-state index is 11.9. The average Bonchev–Trinajstić information content (AvgIpc) is 2.15. The number of rotatable bonds is 2. The van der Waals surface area contributed by atoms with Crippen LogP contribution in [0.2, 0.25) is 0 Å². The quantitative estimate of drug-likeness (QED) is 0.856. The lowest BCUT2D eigenvalue weighted by Crippen LogP contribution is -2.32. The molecule has 0 unspecified atom stereocenters. The predicted molar refractivity (Wildman–Crippen MR) is 65.1 cm³/mol. The van der Waals surface area contributed by atoms with Crippen LogP contribution >= 0.6 is 0 Å². The Labute approximate surface area is 101 Å². The van der Waals surface area contributed by atoms with Gasteiger partial charge in [-0.1, -0.05) is 17.7 Å². The zero-order chi connectivity index (χ0) is 13.0. The fourth-order valence-corrected chi connectivity index (χ4v) is 1.86. The Morgan fingerprint density at radius 2 is 1.71 bits per heavy atom. The molecule has 1 aromatic carbocycles. The van der Waals surface area contributed by atoms with E-state index >= 15 is 0 Å². The number of nitrogens with one attached hydrogen (secondary N) is 1. The maximum absolute atomic E-state index is 11.9. The van der Waals surface area contributed by atoms with Crippen LogP contribution in [0.1, 0.15) is 34.0 Å². The van der Waals surface area contributed by atoms with Crippen molar-refractivity contribution in [3.8, 4) is 0 Å². The Hall–Kier alpha value is -1.84. The Bertz CT molecular complexity index is 429. The SMILES string of the molecule is CCOC(=O)NC(=O)c1c(C)cc(C)cc1C. The standard InChI is InChI=1S/C13H17NO3/c1-5-17-13(16)14-12(15)11-9(3)6-8(2)7-10(11)4/h6-7H,5H2,1-4H3,(H,14,15,16). The number of benzene rings is 1. The third-order valence-electron chi connectivity index (χ3n) is 2.40. The second kappa shape index (κ2) is 5.48. The molecule has 2 amide bonds. The molecule has 0 aliphatic rings. The van der Waals surface area contributed by atoms with E-state index in [4.69, 9.17) is 0 Å². The zero-order valence-electron chi connectivity index (χ0n) is 10.6. The zero-order valence-corrected chi connectivity index (χ0v) is 10.6. The third kappa shape index (κ3) is 3.31. The molecular formula is C13H17NO3. The van der Waals surface area contributed by atoms with Crippen molar-refractivity contribution in [2.75, 3.05) is 6.61 Å². The molecule has 1 aromatic rings. The van der Waals surface area contributed by atoms with Crippen LogP contribution in [0.15, 0.2) is 12.1 Å². The van der Waals surface area contributed by atoms with E-state index in [2.05, 4.69) is 10.1 Å². The van der Waals surface area contributed by atoms with E-state index in [1.54, 1.807) is 6.92 Å². The van der Waals surface area contributed by atoms with Crippen LogP contribution in [0.3, 0.4) is 0 Å². The molecule has 0 aliphatic heterocycles.